The van der Waals surface area contributed by atoms with Gasteiger partial charge < -0.3 is 9.47 Å². The molecule has 130 valence electrons. The van der Waals surface area contributed by atoms with Gasteiger partial charge in [-0.3, -0.25) is 14.5 Å². The van der Waals surface area contributed by atoms with Gasteiger partial charge in [0.2, 0.25) is 0 Å². The summed E-state index contributed by atoms with van der Waals surface area (Å²) in [5.41, 5.74) is 0.797. The maximum atomic E-state index is 12.3. The Kier molecular flexibility index (Phi) is 6.31. The molecular formula is C18H23NO4S. The first kappa shape index (κ1) is 18.4. The molecule has 1 heterocycles. The number of hydrogen-bond acceptors (Lipinski definition) is 5. The smallest absolute Gasteiger partial charge is 0.293 e. The van der Waals surface area contributed by atoms with Crippen LogP contribution in [0.3, 0.4) is 0 Å². The second-order valence-corrected chi connectivity index (χ2v) is 6.57. The van der Waals surface area contributed by atoms with Crippen LogP contribution in [0.25, 0.3) is 6.08 Å². The molecule has 24 heavy (non-hydrogen) atoms. The predicted molar refractivity (Wildman–Crippen MR) is 96.3 cm³/mol. The average Bonchev–Trinajstić information content (AvgIpc) is 2.83. The number of ether oxygens (including phenoxy) is 2. The molecule has 1 atom stereocenters. The maximum Gasteiger partial charge on any atom is 0.293 e. The molecule has 1 aliphatic rings. The van der Waals surface area contributed by atoms with E-state index in [2.05, 4.69) is 6.92 Å². The Morgan fingerprint density at radius 1 is 1.25 bits per heavy atom. The summed E-state index contributed by atoms with van der Waals surface area (Å²) in [6.45, 7) is 6.44. The van der Waals surface area contributed by atoms with E-state index in [-0.39, 0.29) is 17.3 Å². The maximum absolute atomic E-state index is 12.3. The zero-order valence-electron chi connectivity index (χ0n) is 14.5. The monoisotopic (exact) mass is 349 g/mol. The minimum absolute atomic E-state index is 0.0929. The first-order chi connectivity index (χ1) is 11.5. The number of benzene rings is 1. The Bertz CT molecular complexity index is 656. The molecule has 1 aromatic rings. The molecule has 2 rings (SSSR count). The van der Waals surface area contributed by atoms with E-state index < -0.39 is 0 Å². The molecule has 1 aliphatic heterocycles. The van der Waals surface area contributed by atoms with Crippen LogP contribution in [-0.4, -0.2) is 35.8 Å². The first-order valence-corrected chi connectivity index (χ1v) is 8.91. The lowest BCUT2D eigenvalue weighted by Crippen LogP contribution is -2.28. The van der Waals surface area contributed by atoms with E-state index in [1.165, 1.54) is 4.90 Å². The van der Waals surface area contributed by atoms with E-state index in [4.69, 9.17) is 9.47 Å². The Morgan fingerprint density at radius 3 is 2.62 bits per heavy atom. The summed E-state index contributed by atoms with van der Waals surface area (Å²) in [5.74, 6) is 1.05. The van der Waals surface area contributed by atoms with Crippen molar-refractivity contribution in [2.75, 3.05) is 13.7 Å². The second-order valence-electron chi connectivity index (χ2n) is 5.58. The van der Waals surface area contributed by atoms with Crippen LogP contribution in [0, 0.1) is 0 Å². The van der Waals surface area contributed by atoms with Crippen LogP contribution in [-0.2, 0) is 4.79 Å². The van der Waals surface area contributed by atoms with E-state index in [1.54, 1.807) is 13.2 Å². The van der Waals surface area contributed by atoms with Gasteiger partial charge in [-0.15, -0.1) is 0 Å². The molecule has 5 nitrogen and oxygen atoms in total. The molecule has 2 amide bonds. The number of carbonyl (C=O) groups excluding carboxylic acids is 2. The van der Waals surface area contributed by atoms with Crippen LogP contribution in [0.15, 0.2) is 23.1 Å². The number of imide groups is 1. The first-order valence-electron chi connectivity index (χ1n) is 8.10. The Morgan fingerprint density at radius 2 is 2.00 bits per heavy atom. The number of amides is 2. The van der Waals surface area contributed by atoms with Crippen molar-refractivity contribution in [2.45, 2.75) is 39.7 Å². The van der Waals surface area contributed by atoms with Gasteiger partial charge in [0.05, 0.1) is 18.1 Å². The standard InChI is InChI=1S/C18H23NO4S/c1-5-9-19-17(20)16(24-18(19)21)11-13-7-8-14(15(10-13)22-4)23-12(3)6-2/h7-8,10-12H,5-6,9H2,1-4H3/b16-11+/t12-/m1/s1. The number of carbonyl (C=O) groups is 2. The number of methoxy groups -OCH3 is 1. The zero-order valence-corrected chi connectivity index (χ0v) is 15.3. The van der Waals surface area contributed by atoms with Crippen molar-refractivity contribution < 1.29 is 19.1 Å². The molecule has 0 aromatic heterocycles. The van der Waals surface area contributed by atoms with Gasteiger partial charge in [-0.25, -0.2) is 0 Å². The highest BCUT2D eigenvalue weighted by Gasteiger charge is 2.34. The highest BCUT2D eigenvalue weighted by atomic mass is 32.2. The average molecular weight is 349 g/mol. The lowest BCUT2D eigenvalue weighted by atomic mass is 10.1. The van der Waals surface area contributed by atoms with Gasteiger partial charge in [0.1, 0.15) is 0 Å². The van der Waals surface area contributed by atoms with Crippen LogP contribution in [0.5, 0.6) is 11.5 Å². The van der Waals surface area contributed by atoms with Crippen molar-refractivity contribution in [3.63, 3.8) is 0 Å². The lowest BCUT2D eigenvalue weighted by Gasteiger charge is -2.15. The molecule has 1 aromatic carbocycles. The second kappa shape index (κ2) is 8.24. The van der Waals surface area contributed by atoms with Crippen molar-refractivity contribution in [2.24, 2.45) is 0 Å². The highest BCUT2D eigenvalue weighted by molar-refractivity contribution is 8.18. The van der Waals surface area contributed by atoms with Crippen LogP contribution >= 0.6 is 11.8 Å². The van der Waals surface area contributed by atoms with Crippen LogP contribution in [0.4, 0.5) is 4.79 Å². The fourth-order valence-electron chi connectivity index (χ4n) is 2.24. The third kappa shape index (κ3) is 4.12. The quantitative estimate of drug-likeness (QED) is 0.686. The predicted octanol–water partition coefficient (Wildman–Crippen LogP) is 4.32. The van der Waals surface area contributed by atoms with E-state index in [0.29, 0.717) is 22.9 Å². The normalized spacial score (nSPS) is 17.5. The summed E-state index contributed by atoms with van der Waals surface area (Å²) in [5, 5.41) is -0.211. The SMILES string of the molecule is CCCN1C(=O)S/C(=C/c2ccc(O[C@H](C)CC)c(OC)c2)C1=O. The summed E-state index contributed by atoms with van der Waals surface area (Å²) < 4.78 is 11.2. The fraction of sp³-hybridized carbons (Fsp3) is 0.444. The minimum atomic E-state index is -0.231. The van der Waals surface area contributed by atoms with Gasteiger partial charge in [-0.2, -0.15) is 0 Å². The largest absolute Gasteiger partial charge is 0.493 e. The molecule has 0 spiro atoms. The van der Waals surface area contributed by atoms with Crippen molar-refractivity contribution in [3.8, 4) is 11.5 Å². The van der Waals surface area contributed by atoms with E-state index >= 15 is 0 Å². The van der Waals surface area contributed by atoms with Crippen LogP contribution in [0.1, 0.15) is 39.2 Å². The molecule has 0 aliphatic carbocycles. The number of hydrogen-bond donors (Lipinski definition) is 0. The highest BCUT2D eigenvalue weighted by Crippen LogP contribution is 2.34. The summed E-state index contributed by atoms with van der Waals surface area (Å²) in [6, 6.07) is 5.49. The number of nitrogens with zero attached hydrogens (tertiary/aromatic N) is 1. The van der Waals surface area contributed by atoms with Crippen molar-refractivity contribution in [1.29, 1.82) is 0 Å². The van der Waals surface area contributed by atoms with E-state index in [1.807, 2.05) is 32.0 Å². The summed E-state index contributed by atoms with van der Waals surface area (Å²) in [7, 11) is 1.58. The molecule has 0 unspecified atom stereocenters. The Balaban J connectivity index is 2.24. The van der Waals surface area contributed by atoms with Gasteiger partial charge >= 0.3 is 0 Å². The summed E-state index contributed by atoms with van der Waals surface area (Å²) in [6.07, 6.45) is 3.46. The lowest BCUT2D eigenvalue weighted by molar-refractivity contribution is -0.122. The number of thioether (sulfide) groups is 1. The van der Waals surface area contributed by atoms with E-state index in [0.717, 1.165) is 30.2 Å². The van der Waals surface area contributed by atoms with Gasteiger partial charge in [0.15, 0.2) is 11.5 Å². The molecule has 6 heteroatoms. The van der Waals surface area contributed by atoms with Gasteiger partial charge in [-0.1, -0.05) is 19.9 Å². The Labute approximate surface area is 147 Å². The topological polar surface area (TPSA) is 55.8 Å². The van der Waals surface area contributed by atoms with Gasteiger partial charge in [0, 0.05) is 6.54 Å². The Hall–Kier alpha value is -1.95. The molecule has 0 radical (unpaired) electrons. The summed E-state index contributed by atoms with van der Waals surface area (Å²) >= 11 is 0.975. The third-order valence-corrected chi connectivity index (χ3v) is 4.62. The molecule has 0 bridgehead atoms. The molecule has 0 saturated carbocycles. The number of rotatable bonds is 7. The molecule has 1 fully saturated rings. The fourth-order valence-corrected chi connectivity index (χ4v) is 3.10. The van der Waals surface area contributed by atoms with Crippen LogP contribution < -0.4 is 9.47 Å². The minimum Gasteiger partial charge on any atom is -0.493 e. The molecular weight excluding hydrogens is 326 g/mol. The van der Waals surface area contributed by atoms with Gasteiger partial charge in [0.25, 0.3) is 11.1 Å². The van der Waals surface area contributed by atoms with Gasteiger partial charge in [-0.05, 0) is 55.3 Å². The van der Waals surface area contributed by atoms with Crippen molar-refractivity contribution in [3.05, 3.63) is 28.7 Å². The van der Waals surface area contributed by atoms with Crippen LogP contribution in [0.2, 0.25) is 0 Å². The van der Waals surface area contributed by atoms with E-state index in [9.17, 15) is 9.59 Å². The van der Waals surface area contributed by atoms with Crippen molar-refractivity contribution >= 4 is 29.0 Å². The van der Waals surface area contributed by atoms with Crippen molar-refractivity contribution in [1.82, 2.24) is 4.90 Å². The third-order valence-electron chi connectivity index (χ3n) is 3.71. The molecule has 0 N–H and O–H groups in total. The summed E-state index contributed by atoms with van der Waals surface area (Å²) in [4.78, 5) is 25.9. The zero-order chi connectivity index (χ0) is 17.7. The molecule has 1 saturated heterocycles.